The predicted octanol–water partition coefficient (Wildman–Crippen LogP) is -15.7. The van der Waals surface area contributed by atoms with Gasteiger partial charge in [0.1, 0.15) is 0 Å². The second kappa shape index (κ2) is 7.15. The van der Waals surface area contributed by atoms with E-state index in [-0.39, 0.29) is 57.3 Å². The number of hydrogen-bond acceptors (Lipinski definition) is 8. The molecular weight excluding hydrogens is 536 g/mol. The highest BCUT2D eigenvalue weighted by atomic mass is 29.3. The van der Waals surface area contributed by atoms with Crippen LogP contribution in [0.1, 0.15) is 0 Å². The third-order valence-electron chi connectivity index (χ3n) is 9.03. The molecule has 28 heteroatoms. The normalized spacial score (nSPS) is 52.0. The molecule has 0 aliphatic carbocycles. The Balaban J connectivity index is 1.33. The zero-order chi connectivity index (χ0) is 18.0. The zero-order valence-corrected chi connectivity index (χ0v) is 31.5. The van der Waals surface area contributed by atoms with Gasteiger partial charge in [-0.05, 0) is 0 Å². The van der Waals surface area contributed by atoms with Crippen LogP contribution in [0.3, 0.4) is 0 Å². The lowest BCUT2D eigenvalue weighted by Gasteiger charge is -2.73. The molecule has 8 fully saturated rings. The largest absolute Gasteiger partial charge is 0.409 e. The molecular formula is H22B8N8Si12. The fraction of sp³-hybridized carbons (Fsp3) is 0. The number of hydrogen-bond donors (Lipinski definition) is 4. The van der Waals surface area contributed by atoms with E-state index in [9.17, 15) is 0 Å². The highest BCUT2D eigenvalue weighted by molar-refractivity contribution is 8.00. The minimum atomic E-state index is -0.809. The number of nitrogens with one attached hydrogen (secondary N) is 4. The quantitative estimate of drug-likeness (QED) is 0.219. The first kappa shape index (κ1) is 19.1. The van der Waals surface area contributed by atoms with Gasteiger partial charge in [-0.15, -0.1) is 0 Å². The summed E-state index contributed by atoms with van der Waals surface area (Å²) in [6.45, 7) is 0. The minimum Gasteiger partial charge on any atom is -0.409 e. The number of nitrogens with zero attached hydrogens (tertiary/aromatic N) is 4. The number of rotatable bonds is 0. The summed E-state index contributed by atoms with van der Waals surface area (Å²) in [4.78, 5) is 16.6. The first-order valence-electron chi connectivity index (χ1n) is 11.2. The fourth-order valence-corrected chi connectivity index (χ4v) is 137. The second-order valence-electron chi connectivity index (χ2n) is 10.00. The van der Waals surface area contributed by atoms with Crippen molar-refractivity contribution in [1.29, 1.82) is 0 Å². The van der Waals surface area contributed by atoms with Crippen molar-refractivity contribution >= 4 is 160 Å². The Kier molecular flexibility index (Phi) is 4.89. The Morgan fingerprint density at radius 2 is 1.21 bits per heavy atom. The summed E-state index contributed by atoms with van der Waals surface area (Å²) >= 11 is 0. The molecule has 0 aromatic rings. The Bertz CT molecular complexity index is 586. The Hall–Kier alpha value is 2.80. The predicted molar refractivity (Wildman–Crippen MR) is 160 cm³/mol. The van der Waals surface area contributed by atoms with Gasteiger partial charge in [0.2, 0.25) is 24.1 Å². The molecule has 8 rings (SSSR count). The summed E-state index contributed by atoms with van der Waals surface area (Å²) in [6.07, 6.45) is 0. The molecule has 0 aromatic carbocycles. The molecule has 8 aliphatic rings. The van der Waals surface area contributed by atoms with Crippen LogP contribution in [0.2, 0.25) is 0 Å². The lowest BCUT2D eigenvalue weighted by atomic mass is 10.4. The average Bonchev–Trinajstić information content (AvgIpc) is 2.74. The topological polar surface area (TPSA) is 61.1 Å². The molecule has 4 radical (unpaired) electrons. The molecule has 6 unspecified atom stereocenters. The van der Waals surface area contributed by atoms with Crippen molar-refractivity contribution in [2.24, 2.45) is 0 Å². The molecule has 0 spiro atoms. The van der Waals surface area contributed by atoms with Crippen molar-refractivity contribution < 1.29 is 0 Å². The molecule has 8 heterocycles. The maximum atomic E-state index is 4.27. The molecule has 4 N–H and O–H groups in total. The summed E-state index contributed by atoms with van der Waals surface area (Å²) in [5.41, 5.74) is 0. The van der Waals surface area contributed by atoms with Gasteiger partial charge in [-0.25, -0.2) is 0 Å². The molecule has 0 amide bonds. The fourth-order valence-electron chi connectivity index (χ4n) is 8.31. The van der Waals surface area contributed by atoms with E-state index in [1.165, 1.54) is 24.1 Å². The molecule has 8 aliphatic heterocycles. The van der Waals surface area contributed by atoms with Gasteiger partial charge < -0.3 is 36.1 Å². The van der Waals surface area contributed by atoms with E-state index in [1.54, 1.807) is 0 Å². The standard InChI is InChI=1S/B8H22N8Si12/c1-11-25-7-13(17-1)21-5-15-23(3-9-19-5)24-4-10-20-6-16(24)28(27(7)15)8-14(22-6)18-2-12-26(8)25/h9-12,23-28H,17-22H2. The summed E-state index contributed by atoms with van der Waals surface area (Å²) in [7, 11) is 6.22. The first-order chi connectivity index (χ1) is 13.9. The van der Waals surface area contributed by atoms with Crippen LogP contribution in [0.25, 0.3) is 0 Å². The molecule has 0 bridgehead atoms. The van der Waals surface area contributed by atoms with Crippen LogP contribution in [-0.2, 0) is 0 Å². The monoisotopic (exact) mass is 558 g/mol. The first-order valence-corrected chi connectivity index (χ1v) is 35.3. The van der Waals surface area contributed by atoms with Gasteiger partial charge in [-0.2, -0.15) is 0 Å². The average molecular weight is 558 g/mol. The Morgan fingerprint density at radius 1 is 0.714 bits per heavy atom. The van der Waals surface area contributed by atoms with Gasteiger partial charge in [0.25, 0.3) is 0 Å². The van der Waals surface area contributed by atoms with Crippen LogP contribution in [-0.4, -0.2) is 176 Å². The summed E-state index contributed by atoms with van der Waals surface area (Å²) in [6, 6.07) is 4.88. The molecule has 0 saturated carbocycles. The van der Waals surface area contributed by atoms with Gasteiger partial charge in [-0.1, -0.05) is 0 Å². The Labute approximate surface area is 194 Å². The summed E-state index contributed by atoms with van der Waals surface area (Å²) in [5, 5.41) is 0. The molecule has 6 atom stereocenters. The molecule has 0 aromatic heterocycles. The molecule has 8 saturated heterocycles. The third-order valence-corrected chi connectivity index (χ3v) is 82.6. The summed E-state index contributed by atoms with van der Waals surface area (Å²) in [5.74, 6) is 0. The molecule has 28 heavy (non-hydrogen) atoms. The third kappa shape index (κ3) is 2.48. The van der Waals surface area contributed by atoms with Crippen LogP contribution < -0.4 is 19.6 Å². The van der Waals surface area contributed by atoms with Gasteiger partial charge >= 0.3 is 0 Å². The van der Waals surface area contributed by atoms with Crippen LogP contribution in [0.15, 0.2) is 0 Å². The number of fused-ring (bicyclic) bond motifs is 2. The minimum absolute atomic E-state index is 0.0110. The zero-order valence-electron chi connectivity index (χ0n) is 16.1. The van der Waals surface area contributed by atoms with Gasteiger partial charge in [0.15, 0.2) is 28.0 Å². The maximum absolute atomic E-state index is 4.27. The van der Waals surface area contributed by atoms with Crippen LogP contribution in [0.4, 0.5) is 0 Å². The second-order valence-corrected chi connectivity index (χ2v) is 52.7. The van der Waals surface area contributed by atoms with E-state index < -0.39 is 50.1 Å². The van der Waals surface area contributed by atoms with E-state index in [4.69, 9.17) is 0 Å². The van der Waals surface area contributed by atoms with E-state index in [0.717, 1.165) is 0 Å². The van der Waals surface area contributed by atoms with E-state index >= 15 is 0 Å². The van der Waals surface area contributed by atoms with Crippen LogP contribution in [0, 0.1) is 0 Å². The van der Waals surface area contributed by atoms with Crippen LogP contribution >= 0.6 is 0 Å². The van der Waals surface area contributed by atoms with Crippen molar-refractivity contribution in [2.75, 3.05) is 0 Å². The summed E-state index contributed by atoms with van der Waals surface area (Å²) < 4.78 is 13.9. The lowest BCUT2D eigenvalue weighted by molar-refractivity contribution is 0.966. The SMILES string of the molecule is [B]1N[SiH]2B3N([SiH2]1)[SiH2]B1[SiH2]N[B][SiH]4N1[SiH]3[SiH]1B3N([SiH2][B]N[SiH]32)[SiH2]B2[SiH2]N[B][SiH]4N21. The molecule has 8 nitrogen and oxygen atoms in total. The smallest absolute Gasteiger partial charge is 0.210 e. The van der Waals surface area contributed by atoms with Crippen molar-refractivity contribution in [3.8, 4) is 0 Å². The van der Waals surface area contributed by atoms with Crippen molar-refractivity contribution in [3.63, 3.8) is 0 Å². The van der Waals surface area contributed by atoms with Crippen molar-refractivity contribution in [1.82, 2.24) is 36.1 Å². The van der Waals surface area contributed by atoms with E-state index in [2.05, 4.69) is 64.2 Å². The highest BCUT2D eigenvalue weighted by Crippen LogP contribution is 2.34. The van der Waals surface area contributed by atoms with Crippen molar-refractivity contribution in [2.45, 2.75) is 0 Å². The lowest BCUT2D eigenvalue weighted by Crippen LogP contribution is -3.08. The van der Waals surface area contributed by atoms with Gasteiger partial charge in [0.05, 0.1) is 107 Å². The Morgan fingerprint density at radius 3 is 1.71 bits per heavy atom. The van der Waals surface area contributed by atoms with E-state index in [1.807, 2.05) is 0 Å². The molecule has 134 valence electrons. The van der Waals surface area contributed by atoms with Gasteiger partial charge in [0, 0.05) is 0 Å². The van der Waals surface area contributed by atoms with Crippen LogP contribution in [0.5, 0.6) is 0 Å². The highest BCUT2D eigenvalue weighted by Gasteiger charge is 2.72. The van der Waals surface area contributed by atoms with Gasteiger partial charge in [-0.3, -0.25) is 0 Å². The van der Waals surface area contributed by atoms with Crippen molar-refractivity contribution in [3.05, 3.63) is 0 Å². The van der Waals surface area contributed by atoms with E-state index in [0.29, 0.717) is 0 Å². The maximum Gasteiger partial charge on any atom is 0.210 e.